The van der Waals surface area contributed by atoms with Crippen molar-refractivity contribution < 1.29 is 8.42 Å². The summed E-state index contributed by atoms with van der Waals surface area (Å²) in [5.74, 6) is 0. The summed E-state index contributed by atoms with van der Waals surface area (Å²) < 4.78 is 30.0. The van der Waals surface area contributed by atoms with Crippen LogP contribution >= 0.6 is 0 Å². The first-order chi connectivity index (χ1) is 14.6. The topological polar surface area (TPSA) is 86.0 Å². The van der Waals surface area contributed by atoms with Crippen LogP contribution in [0.3, 0.4) is 0 Å². The van der Waals surface area contributed by atoms with E-state index in [-0.39, 0.29) is 5.56 Å². The number of aromatic nitrogens is 3. The molecule has 4 aromatic rings. The highest BCUT2D eigenvalue weighted by atomic mass is 32.2. The van der Waals surface area contributed by atoms with Crippen LogP contribution in [0.1, 0.15) is 16.8 Å². The number of benzene rings is 2. The van der Waals surface area contributed by atoms with Crippen LogP contribution in [-0.4, -0.2) is 29.0 Å². The van der Waals surface area contributed by atoms with Gasteiger partial charge in [-0.15, -0.1) is 0 Å². The molecule has 0 bridgehead atoms. The molecule has 0 radical (unpaired) electrons. The molecule has 0 aliphatic rings. The highest BCUT2D eigenvalue weighted by Gasteiger charge is 2.18. The fourth-order valence-electron chi connectivity index (χ4n) is 3.83. The predicted molar refractivity (Wildman–Crippen MR) is 124 cm³/mol. The van der Waals surface area contributed by atoms with Crippen LogP contribution in [0, 0.1) is 6.92 Å². The van der Waals surface area contributed by atoms with E-state index in [2.05, 4.69) is 22.0 Å². The number of nitrogens with one attached hydrogen (secondary N) is 1. The molecule has 31 heavy (non-hydrogen) atoms. The van der Waals surface area contributed by atoms with Crippen molar-refractivity contribution in [2.45, 2.75) is 13.3 Å². The Morgan fingerprint density at radius 3 is 2.39 bits per heavy atom. The zero-order chi connectivity index (χ0) is 22.3. The van der Waals surface area contributed by atoms with Crippen molar-refractivity contribution in [3.8, 4) is 11.1 Å². The molecule has 0 unspecified atom stereocenters. The molecule has 0 saturated heterocycles. The quantitative estimate of drug-likeness (QED) is 0.521. The Morgan fingerprint density at radius 1 is 1.03 bits per heavy atom. The van der Waals surface area contributed by atoms with E-state index in [0.717, 1.165) is 34.0 Å². The van der Waals surface area contributed by atoms with Crippen LogP contribution in [0.25, 0.3) is 22.0 Å². The van der Waals surface area contributed by atoms with Gasteiger partial charge in [-0.25, -0.2) is 8.42 Å². The van der Waals surface area contributed by atoms with Crippen LogP contribution in [0.5, 0.6) is 0 Å². The second-order valence-corrected chi connectivity index (χ2v) is 9.60. The Bertz CT molecular complexity index is 1430. The number of hydrogen-bond acceptors (Lipinski definition) is 4. The van der Waals surface area contributed by atoms with Crippen LogP contribution in [-0.2, 0) is 30.5 Å². The van der Waals surface area contributed by atoms with Crippen molar-refractivity contribution >= 4 is 26.6 Å². The lowest BCUT2D eigenvalue weighted by atomic mass is 10.00. The van der Waals surface area contributed by atoms with Gasteiger partial charge in [0.05, 0.1) is 17.6 Å². The molecule has 0 spiro atoms. The summed E-state index contributed by atoms with van der Waals surface area (Å²) in [6.45, 7) is 1.77. The van der Waals surface area contributed by atoms with Gasteiger partial charge in [-0.1, -0.05) is 30.3 Å². The second kappa shape index (κ2) is 7.70. The van der Waals surface area contributed by atoms with Gasteiger partial charge in [-0.05, 0) is 41.8 Å². The Kier molecular flexibility index (Phi) is 5.18. The highest BCUT2D eigenvalue weighted by molar-refractivity contribution is 7.92. The number of nitrogens with zero attached hydrogens (tertiary/aromatic N) is 3. The van der Waals surface area contributed by atoms with Gasteiger partial charge in [-0.2, -0.15) is 5.10 Å². The molecule has 0 aliphatic heterocycles. The van der Waals surface area contributed by atoms with Crippen molar-refractivity contribution in [1.82, 2.24) is 14.3 Å². The Hall–Kier alpha value is -3.39. The minimum atomic E-state index is -3.51. The minimum Gasteiger partial charge on any atom is -0.318 e. The molecule has 2 aromatic heterocycles. The first-order valence-electron chi connectivity index (χ1n) is 9.81. The molecule has 0 fully saturated rings. The first kappa shape index (κ1) is 20.9. The molecule has 2 aromatic carbocycles. The summed E-state index contributed by atoms with van der Waals surface area (Å²) in [6, 6.07) is 15.6. The summed E-state index contributed by atoms with van der Waals surface area (Å²) in [5, 5.41) is 5.47. The van der Waals surface area contributed by atoms with E-state index < -0.39 is 10.0 Å². The molecule has 0 saturated carbocycles. The van der Waals surface area contributed by atoms with E-state index in [9.17, 15) is 13.2 Å². The van der Waals surface area contributed by atoms with Crippen LogP contribution < -0.4 is 10.3 Å². The first-order valence-corrected chi connectivity index (χ1v) is 11.7. The number of aryl methyl sites for hydroxylation is 3. The maximum atomic E-state index is 12.1. The molecule has 8 heteroatoms. The van der Waals surface area contributed by atoms with Gasteiger partial charge in [0.2, 0.25) is 10.0 Å². The number of rotatable bonds is 5. The molecular formula is C23H24N4O3S. The lowest BCUT2D eigenvalue weighted by molar-refractivity contribution is 0.607. The average Bonchev–Trinajstić information content (AvgIpc) is 3.01. The lowest BCUT2D eigenvalue weighted by Crippen LogP contribution is -2.18. The number of pyridine rings is 1. The SMILES string of the molecule is Cc1cc(-c2cc(NS(C)(=O)=O)c3nn(C)c(Cc4ccccc4)c3c2)cn(C)c1=O. The van der Waals surface area contributed by atoms with Gasteiger partial charge in [0, 0.05) is 37.7 Å². The number of hydrogen-bond donors (Lipinski definition) is 1. The molecule has 0 atom stereocenters. The smallest absolute Gasteiger partial charge is 0.253 e. The van der Waals surface area contributed by atoms with Gasteiger partial charge >= 0.3 is 0 Å². The van der Waals surface area contributed by atoms with Gasteiger partial charge in [0.25, 0.3) is 5.56 Å². The van der Waals surface area contributed by atoms with E-state index in [1.54, 1.807) is 30.9 Å². The Labute approximate surface area is 181 Å². The highest BCUT2D eigenvalue weighted by Crippen LogP contribution is 2.33. The van der Waals surface area contributed by atoms with Gasteiger partial charge < -0.3 is 4.57 Å². The normalized spacial score (nSPS) is 11.7. The molecule has 7 nitrogen and oxygen atoms in total. The van der Waals surface area contributed by atoms with E-state index >= 15 is 0 Å². The fourth-order valence-corrected chi connectivity index (χ4v) is 4.38. The second-order valence-electron chi connectivity index (χ2n) is 7.85. The zero-order valence-corrected chi connectivity index (χ0v) is 18.7. The summed E-state index contributed by atoms with van der Waals surface area (Å²) in [4.78, 5) is 12.1. The summed E-state index contributed by atoms with van der Waals surface area (Å²) in [5.41, 5.74) is 5.29. The summed E-state index contributed by atoms with van der Waals surface area (Å²) >= 11 is 0. The molecule has 4 rings (SSSR count). The molecule has 0 amide bonds. The molecule has 160 valence electrons. The van der Waals surface area contributed by atoms with Crippen molar-refractivity contribution in [2.75, 3.05) is 11.0 Å². The maximum absolute atomic E-state index is 12.1. The number of fused-ring (bicyclic) bond motifs is 1. The van der Waals surface area contributed by atoms with Gasteiger partial charge in [-0.3, -0.25) is 14.2 Å². The summed E-state index contributed by atoms with van der Waals surface area (Å²) in [6.07, 6.45) is 3.53. The van der Waals surface area contributed by atoms with E-state index in [1.807, 2.05) is 37.4 Å². The van der Waals surface area contributed by atoms with Crippen LogP contribution in [0.4, 0.5) is 5.69 Å². The predicted octanol–water partition coefficient (Wildman–Crippen LogP) is 3.21. The Morgan fingerprint density at radius 2 is 1.74 bits per heavy atom. The zero-order valence-electron chi connectivity index (χ0n) is 17.9. The van der Waals surface area contributed by atoms with E-state index in [4.69, 9.17) is 0 Å². The molecule has 1 N–H and O–H groups in total. The molecule has 0 aliphatic carbocycles. The minimum absolute atomic E-state index is 0.0644. The molecular weight excluding hydrogens is 412 g/mol. The van der Waals surface area contributed by atoms with Crippen molar-refractivity contribution in [3.63, 3.8) is 0 Å². The maximum Gasteiger partial charge on any atom is 0.253 e. The lowest BCUT2D eigenvalue weighted by Gasteiger charge is -2.11. The molecule has 2 heterocycles. The number of sulfonamides is 1. The van der Waals surface area contributed by atoms with Gasteiger partial charge in [0.15, 0.2) is 0 Å². The monoisotopic (exact) mass is 436 g/mol. The fraction of sp³-hybridized carbons (Fsp3) is 0.217. The third-order valence-corrected chi connectivity index (χ3v) is 5.86. The Balaban J connectivity index is 1.97. The van der Waals surface area contributed by atoms with E-state index in [1.165, 1.54) is 4.57 Å². The van der Waals surface area contributed by atoms with Crippen molar-refractivity contribution in [1.29, 1.82) is 0 Å². The third-order valence-electron chi connectivity index (χ3n) is 5.27. The van der Waals surface area contributed by atoms with Crippen molar-refractivity contribution in [2.24, 2.45) is 14.1 Å². The van der Waals surface area contributed by atoms with Gasteiger partial charge in [0.1, 0.15) is 5.52 Å². The largest absolute Gasteiger partial charge is 0.318 e. The summed E-state index contributed by atoms with van der Waals surface area (Å²) in [7, 11) is 0.0584. The average molecular weight is 437 g/mol. The third kappa shape index (κ3) is 4.25. The standard InChI is InChI=1S/C23H24N4O3S/c1-15-10-18(14-26(2)23(15)28)17-12-19-21(11-16-8-6-5-7-9-16)27(3)24-22(19)20(13-17)25-31(4,29)30/h5-10,12-14,25H,11H2,1-4H3. The van der Waals surface area contributed by atoms with Crippen LogP contribution in [0.2, 0.25) is 0 Å². The number of anilines is 1. The van der Waals surface area contributed by atoms with E-state index in [0.29, 0.717) is 23.2 Å². The van der Waals surface area contributed by atoms with Crippen molar-refractivity contribution in [3.05, 3.63) is 81.9 Å². The van der Waals surface area contributed by atoms with Crippen LogP contribution in [0.15, 0.2) is 59.5 Å².